The second-order valence-corrected chi connectivity index (χ2v) is 5.39. The molecule has 0 aromatic heterocycles. The summed E-state index contributed by atoms with van der Waals surface area (Å²) in [6, 6.07) is 19.4. The van der Waals surface area contributed by atoms with E-state index in [1.54, 1.807) is 60.7 Å². The predicted octanol–water partition coefficient (Wildman–Crippen LogP) is 4.64. The van der Waals surface area contributed by atoms with E-state index in [1.807, 2.05) is 5.92 Å². The molecule has 1 atom stereocenters. The first-order chi connectivity index (χ1) is 11.4. The maximum absolute atomic E-state index is 13.5. The van der Waals surface area contributed by atoms with Crippen molar-refractivity contribution in [3.8, 4) is 11.8 Å². The number of halogens is 3. The van der Waals surface area contributed by atoms with Crippen LogP contribution in [-0.4, -0.2) is 11.3 Å². The van der Waals surface area contributed by atoms with Gasteiger partial charge in [0, 0.05) is 11.1 Å². The van der Waals surface area contributed by atoms with Gasteiger partial charge in [-0.05, 0) is 34.9 Å². The molecule has 3 aromatic carbocycles. The molecule has 0 aliphatic carbocycles. The van der Waals surface area contributed by atoms with Gasteiger partial charge in [-0.25, -0.2) is 0 Å². The van der Waals surface area contributed by atoms with Gasteiger partial charge >= 0.3 is 6.18 Å². The van der Waals surface area contributed by atoms with Gasteiger partial charge in [0.05, 0.1) is 0 Å². The molecule has 0 aliphatic heterocycles. The molecule has 0 saturated carbocycles. The molecule has 0 radical (unpaired) electrons. The smallest absolute Gasteiger partial charge is 0.366 e. The lowest BCUT2D eigenvalue weighted by Crippen LogP contribution is -2.41. The highest BCUT2D eigenvalue weighted by atomic mass is 19.4. The van der Waals surface area contributed by atoms with Crippen LogP contribution in [0.5, 0.6) is 0 Å². The van der Waals surface area contributed by atoms with Gasteiger partial charge in [-0.2, -0.15) is 13.2 Å². The summed E-state index contributed by atoms with van der Waals surface area (Å²) in [5.74, 6) is 4.43. The summed E-state index contributed by atoms with van der Waals surface area (Å²) in [5, 5.41) is 11.7. The molecule has 1 nitrogen and oxygen atoms in total. The molecule has 3 rings (SSSR count). The fraction of sp³-hybridized carbons (Fsp3) is 0.100. The molecule has 0 amide bonds. The van der Waals surface area contributed by atoms with Gasteiger partial charge in [0.15, 0.2) is 0 Å². The third-order valence-electron chi connectivity index (χ3n) is 3.74. The number of alkyl halides is 3. The fourth-order valence-electron chi connectivity index (χ4n) is 2.41. The summed E-state index contributed by atoms with van der Waals surface area (Å²) in [6.07, 6.45) is -4.92. The molecule has 0 aliphatic rings. The van der Waals surface area contributed by atoms with Crippen molar-refractivity contribution in [2.24, 2.45) is 0 Å². The quantitative estimate of drug-likeness (QED) is 0.646. The van der Waals surface area contributed by atoms with Gasteiger partial charge < -0.3 is 5.11 Å². The van der Waals surface area contributed by atoms with Crippen molar-refractivity contribution in [2.45, 2.75) is 11.8 Å². The normalized spacial score (nSPS) is 13.8. The maximum atomic E-state index is 13.5. The van der Waals surface area contributed by atoms with Crippen LogP contribution in [0.2, 0.25) is 0 Å². The van der Waals surface area contributed by atoms with E-state index in [1.165, 1.54) is 12.1 Å². The van der Waals surface area contributed by atoms with E-state index in [-0.39, 0.29) is 5.56 Å². The Kier molecular flexibility index (Phi) is 4.04. The lowest BCUT2D eigenvalue weighted by Gasteiger charge is -2.26. The van der Waals surface area contributed by atoms with Gasteiger partial charge in [-0.15, -0.1) is 0 Å². The number of benzene rings is 3. The van der Waals surface area contributed by atoms with Gasteiger partial charge in [0.2, 0.25) is 5.60 Å². The average Bonchev–Trinajstić information content (AvgIpc) is 2.59. The standard InChI is InChI=1S/C20H13F3O/c21-20(22,23)19(24,13-12-15-6-2-1-3-7-15)18-11-10-16-8-4-5-9-17(16)14-18/h1-11,14,24H. The minimum Gasteiger partial charge on any atom is -0.366 e. The molecule has 120 valence electrons. The van der Waals surface area contributed by atoms with Crippen molar-refractivity contribution in [1.29, 1.82) is 0 Å². The van der Waals surface area contributed by atoms with Crippen molar-refractivity contribution in [3.05, 3.63) is 83.9 Å². The summed E-state index contributed by atoms with van der Waals surface area (Å²) in [6.45, 7) is 0. The fourth-order valence-corrected chi connectivity index (χ4v) is 2.41. The number of rotatable bonds is 1. The first-order valence-corrected chi connectivity index (χ1v) is 7.27. The van der Waals surface area contributed by atoms with Crippen molar-refractivity contribution < 1.29 is 18.3 Å². The van der Waals surface area contributed by atoms with Crippen LogP contribution in [0, 0.1) is 11.8 Å². The number of aliphatic hydroxyl groups is 1. The number of hydrogen-bond acceptors (Lipinski definition) is 1. The lowest BCUT2D eigenvalue weighted by atomic mass is 9.91. The Bertz CT molecular complexity index is 920. The highest BCUT2D eigenvalue weighted by Gasteiger charge is 2.54. The van der Waals surface area contributed by atoms with Gasteiger partial charge in [0.25, 0.3) is 0 Å². The molecule has 1 unspecified atom stereocenters. The van der Waals surface area contributed by atoms with Gasteiger partial charge in [0.1, 0.15) is 0 Å². The number of hydrogen-bond donors (Lipinski definition) is 1. The molecule has 24 heavy (non-hydrogen) atoms. The maximum Gasteiger partial charge on any atom is 0.433 e. The van der Waals surface area contributed by atoms with Crippen molar-refractivity contribution in [3.63, 3.8) is 0 Å². The second kappa shape index (κ2) is 6.03. The van der Waals surface area contributed by atoms with E-state index in [0.29, 0.717) is 10.9 Å². The van der Waals surface area contributed by atoms with E-state index < -0.39 is 11.8 Å². The Labute approximate surface area is 137 Å². The molecule has 0 saturated heterocycles. The Balaban J connectivity index is 2.13. The van der Waals surface area contributed by atoms with Crippen LogP contribution < -0.4 is 0 Å². The first-order valence-electron chi connectivity index (χ1n) is 7.27. The topological polar surface area (TPSA) is 20.2 Å². The minimum absolute atomic E-state index is 0.294. The Morgan fingerprint density at radius 3 is 2.04 bits per heavy atom. The third kappa shape index (κ3) is 2.99. The highest BCUT2D eigenvalue weighted by Crippen LogP contribution is 2.39. The highest BCUT2D eigenvalue weighted by molar-refractivity contribution is 5.83. The molecule has 0 fully saturated rings. The molecule has 0 bridgehead atoms. The summed E-state index contributed by atoms with van der Waals surface area (Å²) in [5.41, 5.74) is -3.12. The average molecular weight is 326 g/mol. The largest absolute Gasteiger partial charge is 0.433 e. The van der Waals surface area contributed by atoms with Gasteiger partial charge in [-0.1, -0.05) is 60.5 Å². The van der Waals surface area contributed by atoms with E-state index in [2.05, 4.69) is 5.92 Å². The summed E-state index contributed by atoms with van der Waals surface area (Å²) < 4.78 is 40.6. The van der Waals surface area contributed by atoms with Gasteiger partial charge in [-0.3, -0.25) is 0 Å². The molecule has 1 N–H and O–H groups in total. The van der Waals surface area contributed by atoms with Crippen LogP contribution in [0.1, 0.15) is 11.1 Å². The van der Waals surface area contributed by atoms with E-state index in [4.69, 9.17) is 0 Å². The number of fused-ring (bicyclic) bond motifs is 1. The minimum atomic E-state index is -4.92. The molecule has 4 heteroatoms. The van der Waals surface area contributed by atoms with Crippen LogP contribution >= 0.6 is 0 Å². The lowest BCUT2D eigenvalue weighted by molar-refractivity contribution is -0.240. The molecule has 3 aromatic rings. The van der Waals surface area contributed by atoms with Crippen LogP contribution in [0.25, 0.3) is 10.8 Å². The third-order valence-corrected chi connectivity index (χ3v) is 3.74. The second-order valence-electron chi connectivity index (χ2n) is 5.39. The monoisotopic (exact) mass is 326 g/mol. The van der Waals surface area contributed by atoms with Crippen LogP contribution in [0.3, 0.4) is 0 Å². The van der Waals surface area contributed by atoms with Crippen molar-refractivity contribution in [2.75, 3.05) is 0 Å². The molecular weight excluding hydrogens is 313 g/mol. The van der Waals surface area contributed by atoms with Crippen LogP contribution in [-0.2, 0) is 5.60 Å². The SMILES string of the molecule is OC(C#Cc1ccccc1)(c1ccc2ccccc2c1)C(F)(F)F. The molecular formula is C20H13F3O. The zero-order chi connectivity index (χ0) is 17.2. The first kappa shape index (κ1) is 16.1. The Morgan fingerprint density at radius 1 is 0.750 bits per heavy atom. The summed E-state index contributed by atoms with van der Waals surface area (Å²) in [7, 11) is 0. The van der Waals surface area contributed by atoms with Crippen molar-refractivity contribution in [1.82, 2.24) is 0 Å². The Hall–Kier alpha value is -2.77. The summed E-state index contributed by atoms with van der Waals surface area (Å²) in [4.78, 5) is 0. The Morgan fingerprint density at radius 2 is 1.38 bits per heavy atom. The summed E-state index contributed by atoms with van der Waals surface area (Å²) >= 11 is 0. The molecule has 0 heterocycles. The van der Waals surface area contributed by atoms with E-state index >= 15 is 0 Å². The molecule has 0 spiro atoms. The predicted molar refractivity (Wildman–Crippen MR) is 87.2 cm³/mol. The van der Waals surface area contributed by atoms with Crippen LogP contribution in [0.15, 0.2) is 72.8 Å². The van der Waals surface area contributed by atoms with E-state index in [9.17, 15) is 18.3 Å². The van der Waals surface area contributed by atoms with Crippen molar-refractivity contribution >= 4 is 10.8 Å². The van der Waals surface area contributed by atoms with Crippen LogP contribution in [0.4, 0.5) is 13.2 Å². The zero-order valence-corrected chi connectivity index (χ0v) is 12.5. The van der Waals surface area contributed by atoms with E-state index in [0.717, 1.165) is 5.39 Å². The zero-order valence-electron chi connectivity index (χ0n) is 12.5.